The van der Waals surface area contributed by atoms with Gasteiger partial charge in [-0.15, -0.1) is 0 Å². The van der Waals surface area contributed by atoms with Gasteiger partial charge < -0.3 is 10.1 Å². The standard InChI is InChI=1S/C25H26N6O2/c1-4-26-17(3)19-11-21-22(12-19)28-25(29-24(21)30-8-9-33-15-23(30)32)31-14-20(13-27-31)18-7-5-6-16(2)10-18/h5-7,10,12-14,26H,3-4,8-9,11,15H2,1-2H3. The monoisotopic (exact) mass is 442 g/mol. The van der Waals surface area contributed by atoms with Crippen LogP contribution in [0.2, 0.25) is 0 Å². The summed E-state index contributed by atoms with van der Waals surface area (Å²) in [7, 11) is 0. The van der Waals surface area contributed by atoms with Crippen molar-refractivity contribution in [2.45, 2.75) is 20.3 Å². The van der Waals surface area contributed by atoms with Gasteiger partial charge in [0.25, 0.3) is 11.9 Å². The number of carbonyl (C=O) groups is 1. The third-order valence-electron chi connectivity index (χ3n) is 5.84. The maximum absolute atomic E-state index is 12.7. The second kappa shape index (κ2) is 8.63. The van der Waals surface area contributed by atoms with E-state index in [0.717, 1.165) is 40.2 Å². The van der Waals surface area contributed by atoms with Gasteiger partial charge in [-0.05, 0) is 31.1 Å². The van der Waals surface area contributed by atoms with Crippen LogP contribution in [0.3, 0.4) is 0 Å². The van der Waals surface area contributed by atoms with Crippen molar-refractivity contribution in [2.75, 3.05) is 31.2 Å². The second-order valence-electron chi connectivity index (χ2n) is 8.21. The molecular weight excluding hydrogens is 416 g/mol. The van der Waals surface area contributed by atoms with E-state index in [0.29, 0.717) is 31.3 Å². The summed E-state index contributed by atoms with van der Waals surface area (Å²) in [5, 5.41) is 7.79. The van der Waals surface area contributed by atoms with Gasteiger partial charge in [0, 0.05) is 36.0 Å². The average Bonchev–Trinajstić information content (AvgIpc) is 3.47. The minimum absolute atomic E-state index is 0.0533. The van der Waals surface area contributed by atoms with Crippen LogP contribution in [0.5, 0.6) is 0 Å². The molecule has 2 aromatic heterocycles. The Bertz CT molecular complexity index is 1280. The lowest BCUT2D eigenvalue weighted by Crippen LogP contribution is -2.43. The van der Waals surface area contributed by atoms with Gasteiger partial charge in [0.2, 0.25) is 0 Å². The predicted molar refractivity (Wildman–Crippen MR) is 127 cm³/mol. The van der Waals surface area contributed by atoms with E-state index < -0.39 is 0 Å². The van der Waals surface area contributed by atoms with E-state index in [1.807, 2.05) is 25.3 Å². The zero-order valence-corrected chi connectivity index (χ0v) is 18.8. The SMILES string of the molecule is C=C(NCC)C1=Cc2nc(-n3cc(-c4cccc(C)c4)cn3)nc(N3CCOCC3=O)c2C1. The fraction of sp³-hybridized carbons (Fsp3) is 0.280. The molecule has 8 heteroatoms. The van der Waals surface area contributed by atoms with Crippen LogP contribution in [0.25, 0.3) is 23.2 Å². The predicted octanol–water partition coefficient (Wildman–Crippen LogP) is 3.06. The Morgan fingerprint density at radius 3 is 2.94 bits per heavy atom. The topological polar surface area (TPSA) is 85.2 Å². The molecule has 0 unspecified atom stereocenters. The molecule has 0 bridgehead atoms. The minimum atomic E-state index is -0.104. The van der Waals surface area contributed by atoms with Crippen LogP contribution in [0.15, 0.2) is 54.5 Å². The van der Waals surface area contributed by atoms with Gasteiger partial charge in [-0.1, -0.05) is 36.4 Å². The molecule has 1 aromatic carbocycles. The summed E-state index contributed by atoms with van der Waals surface area (Å²) < 4.78 is 7.00. The number of ether oxygens (including phenoxy) is 1. The number of likely N-dealkylation sites (N-methyl/N-ethyl adjacent to an activating group) is 1. The van der Waals surface area contributed by atoms with Crippen LogP contribution in [0, 0.1) is 6.92 Å². The van der Waals surface area contributed by atoms with Crippen molar-refractivity contribution in [2.24, 2.45) is 0 Å². The van der Waals surface area contributed by atoms with Gasteiger partial charge in [-0.3, -0.25) is 9.69 Å². The van der Waals surface area contributed by atoms with Gasteiger partial charge in [0.1, 0.15) is 12.4 Å². The number of hydrogen-bond acceptors (Lipinski definition) is 6. The number of nitrogens with one attached hydrogen (secondary N) is 1. The average molecular weight is 443 g/mol. The van der Waals surface area contributed by atoms with Gasteiger partial charge in [-0.2, -0.15) is 10.1 Å². The molecule has 0 radical (unpaired) electrons. The fourth-order valence-electron chi connectivity index (χ4n) is 4.17. The van der Waals surface area contributed by atoms with Crippen molar-refractivity contribution >= 4 is 17.8 Å². The number of morpholine rings is 1. The highest BCUT2D eigenvalue weighted by Gasteiger charge is 2.30. The molecule has 1 fully saturated rings. The molecule has 1 aliphatic carbocycles. The van der Waals surface area contributed by atoms with E-state index in [-0.39, 0.29) is 12.5 Å². The molecule has 1 saturated heterocycles. The molecule has 33 heavy (non-hydrogen) atoms. The number of carbonyl (C=O) groups excluding carboxylic acids is 1. The summed E-state index contributed by atoms with van der Waals surface area (Å²) in [5.41, 5.74) is 6.85. The molecule has 1 aliphatic heterocycles. The number of hydrogen-bond donors (Lipinski definition) is 1. The highest BCUT2D eigenvalue weighted by molar-refractivity contribution is 5.95. The Labute approximate surface area is 192 Å². The molecule has 0 spiro atoms. The Kier molecular flexibility index (Phi) is 5.51. The van der Waals surface area contributed by atoms with Crippen LogP contribution in [0.4, 0.5) is 5.82 Å². The van der Waals surface area contributed by atoms with Crippen molar-refractivity contribution in [3.05, 3.63) is 71.3 Å². The van der Waals surface area contributed by atoms with Crippen molar-refractivity contribution in [3.63, 3.8) is 0 Å². The summed E-state index contributed by atoms with van der Waals surface area (Å²) in [6.07, 6.45) is 6.36. The molecule has 0 atom stereocenters. The lowest BCUT2D eigenvalue weighted by atomic mass is 10.1. The number of rotatable bonds is 6. The number of allylic oxidation sites excluding steroid dienone is 1. The molecule has 0 saturated carbocycles. The summed E-state index contributed by atoms with van der Waals surface area (Å²) in [5.74, 6) is 0.938. The van der Waals surface area contributed by atoms with Gasteiger partial charge in [-0.25, -0.2) is 9.67 Å². The summed E-state index contributed by atoms with van der Waals surface area (Å²) in [6, 6.07) is 8.26. The second-order valence-corrected chi connectivity index (χ2v) is 8.21. The van der Waals surface area contributed by atoms with E-state index in [9.17, 15) is 4.79 Å². The highest BCUT2D eigenvalue weighted by atomic mass is 16.5. The maximum Gasteiger partial charge on any atom is 0.254 e. The van der Waals surface area contributed by atoms with Crippen LogP contribution in [-0.4, -0.2) is 52.0 Å². The van der Waals surface area contributed by atoms with Gasteiger partial charge in [0.15, 0.2) is 0 Å². The Morgan fingerprint density at radius 2 is 2.15 bits per heavy atom. The first kappa shape index (κ1) is 21.1. The zero-order valence-electron chi connectivity index (χ0n) is 18.8. The first-order chi connectivity index (χ1) is 16.0. The van der Waals surface area contributed by atoms with Crippen LogP contribution in [0.1, 0.15) is 23.7 Å². The molecule has 168 valence electrons. The summed E-state index contributed by atoms with van der Waals surface area (Å²) in [6.45, 7) is 10.0. The number of benzene rings is 1. The number of nitrogens with zero attached hydrogens (tertiary/aromatic N) is 5. The molecule has 8 nitrogen and oxygen atoms in total. The van der Waals surface area contributed by atoms with Crippen molar-refractivity contribution in [3.8, 4) is 17.1 Å². The van der Waals surface area contributed by atoms with E-state index in [2.05, 4.69) is 42.1 Å². The van der Waals surface area contributed by atoms with E-state index in [1.54, 1.807) is 15.8 Å². The van der Waals surface area contributed by atoms with Gasteiger partial charge in [0.05, 0.1) is 25.0 Å². The van der Waals surface area contributed by atoms with Crippen LogP contribution < -0.4 is 10.2 Å². The maximum atomic E-state index is 12.7. The Morgan fingerprint density at radius 1 is 1.27 bits per heavy atom. The van der Waals surface area contributed by atoms with Crippen molar-refractivity contribution in [1.82, 2.24) is 25.1 Å². The number of aryl methyl sites for hydroxylation is 1. The summed E-state index contributed by atoms with van der Waals surface area (Å²) in [4.78, 5) is 24.0. The number of fused-ring (bicyclic) bond motifs is 1. The van der Waals surface area contributed by atoms with Gasteiger partial charge >= 0.3 is 0 Å². The quantitative estimate of drug-likeness (QED) is 0.632. The molecule has 2 aliphatic rings. The van der Waals surface area contributed by atoms with Crippen molar-refractivity contribution in [1.29, 1.82) is 0 Å². The van der Waals surface area contributed by atoms with Crippen LogP contribution >= 0.6 is 0 Å². The Balaban J connectivity index is 1.57. The summed E-state index contributed by atoms with van der Waals surface area (Å²) >= 11 is 0. The van der Waals surface area contributed by atoms with E-state index in [1.165, 1.54) is 5.56 Å². The van der Waals surface area contributed by atoms with E-state index in [4.69, 9.17) is 14.7 Å². The number of amides is 1. The molecular formula is C25H26N6O2. The molecule has 3 aromatic rings. The lowest BCUT2D eigenvalue weighted by Gasteiger charge is -2.27. The first-order valence-electron chi connectivity index (χ1n) is 11.1. The molecule has 1 N–H and O–H groups in total. The molecule has 3 heterocycles. The molecule has 5 rings (SSSR count). The molecule has 1 amide bonds. The normalized spacial score (nSPS) is 15.4. The highest BCUT2D eigenvalue weighted by Crippen LogP contribution is 2.34. The van der Waals surface area contributed by atoms with E-state index >= 15 is 0 Å². The third-order valence-corrected chi connectivity index (χ3v) is 5.84. The largest absolute Gasteiger partial charge is 0.386 e. The first-order valence-corrected chi connectivity index (χ1v) is 11.1. The van der Waals surface area contributed by atoms with Crippen LogP contribution in [-0.2, 0) is 16.0 Å². The zero-order chi connectivity index (χ0) is 22.9. The third kappa shape index (κ3) is 4.05. The van der Waals surface area contributed by atoms with Crippen molar-refractivity contribution < 1.29 is 9.53 Å². The lowest BCUT2D eigenvalue weighted by molar-refractivity contribution is -0.125. The number of anilines is 1. The number of aromatic nitrogens is 4. The minimum Gasteiger partial charge on any atom is -0.386 e. The smallest absolute Gasteiger partial charge is 0.254 e. The fourth-order valence-corrected chi connectivity index (χ4v) is 4.17. The Hall–Kier alpha value is -3.78.